The Hall–Kier alpha value is -4.09. The number of benzene rings is 1. The minimum Gasteiger partial charge on any atom is -0.444 e. The SMILES string of the molecule is CC(C)(C)OC(=O)N1CCN(c2cnccc2-c2ccc(CNC(=O)c3noc(C4(C)CC4)n3)c(C(F)F)c2)CC1. The van der Waals surface area contributed by atoms with E-state index < -0.39 is 17.9 Å². The second-order valence-corrected chi connectivity index (χ2v) is 11.7. The standard InChI is InChI=1S/C29H34F2N6O4/c1-28(2,3)40-27(39)37-13-11-36(12-14-37)22-17-32-10-7-20(22)18-5-6-19(21(15-18)23(30)31)16-33-25(38)24-34-26(41-35-24)29(4)8-9-29/h5-7,10,15,17,23H,8-9,11-14,16H2,1-4H3,(H,33,38). The number of nitrogens with zero attached hydrogens (tertiary/aromatic N) is 5. The molecule has 1 aliphatic heterocycles. The van der Waals surface area contributed by atoms with E-state index in [0.29, 0.717) is 37.6 Å². The highest BCUT2D eigenvalue weighted by molar-refractivity contribution is 5.90. The van der Waals surface area contributed by atoms with E-state index >= 15 is 0 Å². The number of nitrogens with one attached hydrogen (secondary N) is 1. The molecular weight excluding hydrogens is 534 g/mol. The number of anilines is 1. The summed E-state index contributed by atoms with van der Waals surface area (Å²) in [6, 6.07) is 6.58. The first-order valence-electron chi connectivity index (χ1n) is 13.6. The molecule has 0 atom stereocenters. The van der Waals surface area contributed by atoms with Crippen molar-refractivity contribution >= 4 is 17.7 Å². The van der Waals surface area contributed by atoms with Gasteiger partial charge in [0.15, 0.2) is 0 Å². The summed E-state index contributed by atoms with van der Waals surface area (Å²) >= 11 is 0. The molecule has 218 valence electrons. The zero-order chi connectivity index (χ0) is 29.4. The number of carbonyl (C=O) groups excluding carboxylic acids is 2. The van der Waals surface area contributed by atoms with Crippen molar-refractivity contribution in [2.24, 2.45) is 0 Å². The maximum Gasteiger partial charge on any atom is 0.410 e. The third-order valence-electron chi connectivity index (χ3n) is 7.35. The fraction of sp³-hybridized carbons (Fsp3) is 0.483. The Morgan fingerprint density at radius 1 is 1.15 bits per heavy atom. The second-order valence-electron chi connectivity index (χ2n) is 11.7. The van der Waals surface area contributed by atoms with E-state index in [9.17, 15) is 18.4 Å². The van der Waals surface area contributed by atoms with Crippen molar-refractivity contribution in [1.82, 2.24) is 25.3 Å². The van der Waals surface area contributed by atoms with Crippen LogP contribution in [-0.2, 0) is 16.7 Å². The largest absolute Gasteiger partial charge is 0.444 e. The summed E-state index contributed by atoms with van der Waals surface area (Å²) in [5.74, 6) is -0.285. The average molecular weight is 569 g/mol. The normalized spacial score (nSPS) is 16.6. The number of pyridine rings is 1. The zero-order valence-electron chi connectivity index (χ0n) is 23.6. The van der Waals surface area contributed by atoms with Gasteiger partial charge in [-0.05, 0) is 56.9 Å². The number of amides is 2. The molecule has 0 bridgehead atoms. The van der Waals surface area contributed by atoms with E-state index in [1.54, 1.807) is 35.5 Å². The van der Waals surface area contributed by atoms with Gasteiger partial charge in [0.1, 0.15) is 5.60 Å². The van der Waals surface area contributed by atoms with Crippen molar-refractivity contribution in [1.29, 1.82) is 0 Å². The average Bonchev–Trinajstić information content (AvgIpc) is 3.48. The van der Waals surface area contributed by atoms with Gasteiger partial charge in [-0.15, -0.1) is 0 Å². The highest BCUT2D eigenvalue weighted by atomic mass is 19.3. The molecule has 0 radical (unpaired) electrons. The number of piperazine rings is 1. The number of alkyl halides is 2. The minimum absolute atomic E-state index is 0.114. The lowest BCUT2D eigenvalue weighted by atomic mass is 9.98. The zero-order valence-corrected chi connectivity index (χ0v) is 23.6. The van der Waals surface area contributed by atoms with Crippen LogP contribution in [0.25, 0.3) is 11.1 Å². The van der Waals surface area contributed by atoms with Gasteiger partial charge in [-0.2, -0.15) is 4.98 Å². The first-order valence-corrected chi connectivity index (χ1v) is 13.6. The molecule has 2 amide bonds. The van der Waals surface area contributed by atoms with Crippen molar-refractivity contribution < 1.29 is 27.6 Å². The topological polar surface area (TPSA) is 114 Å². The van der Waals surface area contributed by atoms with Crippen LogP contribution in [0.3, 0.4) is 0 Å². The van der Waals surface area contributed by atoms with Crippen LogP contribution in [0.4, 0.5) is 19.3 Å². The van der Waals surface area contributed by atoms with Gasteiger partial charge in [0.05, 0.1) is 11.9 Å². The van der Waals surface area contributed by atoms with Gasteiger partial charge in [-0.25, -0.2) is 13.6 Å². The Labute approximate surface area is 237 Å². The molecule has 41 heavy (non-hydrogen) atoms. The summed E-state index contributed by atoms with van der Waals surface area (Å²) < 4.78 is 39.1. The number of aromatic nitrogens is 3. The predicted molar refractivity (Wildman–Crippen MR) is 147 cm³/mol. The molecule has 3 heterocycles. The van der Waals surface area contributed by atoms with Crippen molar-refractivity contribution in [3.8, 4) is 11.1 Å². The quantitative estimate of drug-likeness (QED) is 0.419. The Morgan fingerprint density at radius 2 is 1.88 bits per heavy atom. The first kappa shape index (κ1) is 28.4. The number of hydrogen-bond donors (Lipinski definition) is 1. The lowest BCUT2D eigenvalue weighted by molar-refractivity contribution is 0.0240. The molecule has 1 aliphatic carbocycles. The molecule has 0 spiro atoms. The molecule has 3 aromatic rings. The van der Waals surface area contributed by atoms with Crippen LogP contribution < -0.4 is 10.2 Å². The molecule has 2 aliphatic rings. The Kier molecular flexibility index (Phi) is 7.67. The van der Waals surface area contributed by atoms with Gasteiger partial charge < -0.3 is 24.4 Å². The lowest BCUT2D eigenvalue weighted by Gasteiger charge is -2.37. The summed E-state index contributed by atoms with van der Waals surface area (Å²) in [5, 5.41) is 6.37. The minimum atomic E-state index is -2.75. The monoisotopic (exact) mass is 568 g/mol. The van der Waals surface area contributed by atoms with E-state index in [-0.39, 0.29) is 35.0 Å². The van der Waals surface area contributed by atoms with Gasteiger partial charge in [0.2, 0.25) is 5.89 Å². The molecule has 1 aromatic carbocycles. The highest BCUT2D eigenvalue weighted by Crippen LogP contribution is 2.46. The molecular formula is C29H34F2N6O4. The van der Waals surface area contributed by atoms with Gasteiger partial charge in [-0.3, -0.25) is 9.78 Å². The van der Waals surface area contributed by atoms with Crippen molar-refractivity contribution in [3.05, 3.63) is 59.5 Å². The summed E-state index contributed by atoms with van der Waals surface area (Å²) in [6.45, 7) is 9.36. The molecule has 5 rings (SSSR count). The maximum atomic E-state index is 14.2. The summed E-state index contributed by atoms with van der Waals surface area (Å²) in [5.41, 5.74) is 1.49. The summed E-state index contributed by atoms with van der Waals surface area (Å²) in [4.78, 5) is 37.2. The van der Waals surface area contributed by atoms with Crippen molar-refractivity contribution in [3.63, 3.8) is 0 Å². The van der Waals surface area contributed by atoms with E-state index in [4.69, 9.17) is 9.26 Å². The summed E-state index contributed by atoms with van der Waals surface area (Å²) in [6.07, 6.45) is 2.05. The molecule has 10 nitrogen and oxygen atoms in total. The first-order chi connectivity index (χ1) is 19.4. The highest BCUT2D eigenvalue weighted by Gasteiger charge is 2.45. The number of rotatable bonds is 7. The molecule has 12 heteroatoms. The van der Waals surface area contributed by atoms with Crippen LogP contribution in [-0.4, -0.2) is 63.8 Å². The van der Waals surface area contributed by atoms with Gasteiger partial charge in [-0.1, -0.05) is 24.2 Å². The predicted octanol–water partition coefficient (Wildman–Crippen LogP) is 5.11. The van der Waals surface area contributed by atoms with Crippen LogP contribution in [0.15, 0.2) is 41.2 Å². The van der Waals surface area contributed by atoms with Crippen LogP contribution in [0.2, 0.25) is 0 Å². The Morgan fingerprint density at radius 3 is 2.54 bits per heavy atom. The van der Waals surface area contributed by atoms with Crippen LogP contribution in [0.1, 0.15) is 74.6 Å². The van der Waals surface area contributed by atoms with Crippen LogP contribution in [0, 0.1) is 0 Å². The third kappa shape index (κ3) is 6.47. The Balaban J connectivity index is 1.29. The van der Waals surface area contributed by atoms with E-state index in [0.717, 1.165) is 24.1 Å². The van der Waals surface area contributed by atoms with Crippen LogP contribution in [0.5, 0.6) is 0 Å². The molecule has 2 fully saturated rings. The molecule has 1 saturated heterocycles. The third-order valence-corrected chi connectivity index (χ3v) is 7.35. The molecule has 1 N–H and O–H groups in total. The molecule has 2 aromatic heterocycles. The van der Waals surface area contributed by atoms with E-state index in [2.05, 4.69) is 25.3 Å². The smallest absolute Gasteiger partial charge is 0.410 e. The second kappa shape index (κ2) is 11.1. The van der Waals surface area contributed by atoms with Crippen molar-refractivity contribution in [2.75, 3.05) is 31.1 Å². The van der Waals surface area contributed by atoms with E-state index in [1.165, 1.54) is 6.07 Å². The Bertz CT molecular complexity index is 1420. The number of halogens is 2. The molecule has 1 saturated carbocycles. The van der Waals surface area contributed by atoms with Gasteiger partial charge in [0, 0.05) is 55.5 Å². The number of carbonyl (C=O) groups is 2. The van der Waals surface area contributed by atoms with Crippen LogP contribution >= 0.6 is 0 Å². The number of hydrogen-bond acceptors (Lipinski definition) is 8. The van der Waals surface area contributed by atoms with Gasteiger partial charge >= 0.3 is 6.09 Å². The van der Waals surface area contributed by atoms with E-state index in [1.807, 2.05) is 27.7 Å². The van der Waals surface area contributed by atoms with Gasteiger partial charge in [0.25, 0.3) is 18.2 Å². The fourth-order valence-electron chi connectivity index (χ4n) is 4.68. The lowest BCUT2D eigenvalue weighted by Crippen LogP contribution is -2.50. The fourth-order valence-corrected chi connectivity index (χ4v) is 4.68. The number of ether oxygens (including phenoxy) is 1. The summed E-state index contributed by atoms with van der Waals surface area (Å²) in [7, 11) is 0. The molecule has 0 unspecified atom stereocenters. The van der Waals surface area contributed by atoms with Crippen molar-refractivity contribution in [2.45, 2.75) is 64.5 Å². The maximum absolute atomic E-state index is 14.2.